The van der Waals surface area contributed by atoms with Gasteiger partial charge in [-0.15, -0.1) is 0 Å². The van der Waals surface area contributed by atoms with E-state index in [1.54, 1.807) is 0 Å². The lowest BCUT2D eigenvalue weighted by Crippen LogP contribution is -2.44. The largest absolute Gasteiger partial charge is 0.339 e. The Morgan fingerprint density at radius 2 is 2.14 bits per heavy atom. The molecule has 1 N–H and O–H groups in total. The fraction of sp³-hybridized carbons (Fsp3) is 0.429. The lowest BCUT2D eigenvalue weighted by Gasteiger charge is -2.30. The molecule has 3 rings (SSSR count). The summed E-state index contributed by atoms with van der Waals surface area (Å²) in [6, 6.07) is 3.78. The number of nitrogens with zero attached hydrogens (tertiary/aromatic N) is 3. The second kappa shape index (κ2) is 5.87. The van der Waals surface area contributed by atoms with E-state index in [2.05, 4.69) is 20.4 Å². The quantitative estimate of drug-likeness (QED) is 0.930. The molecule has 0 aliphatic carbocycles. The first-order valence-corrected chi connectivity index (χ1v) is 6.81. The maximum absolute atomic E-state index is 13.6. The van der Waals surface area contributed by atoms with E-state index in [1.807, 2.05) is 7.05 Å². The molecule has 0 amide bonds. The zero-order valence-electron chi connectivity index (χ0n) is 11.6. The lowest BCUT2D eigenvalue weighted by atomic mass is 10.1. The maximum Gasteiger partial charge on any atom is 0.231 e. The number of hydrogen-bond donors (Lipinski definition) is 1. The third-order valence-electron chi connectivity index (χ3n) is 3.68. The second-order valence-corrected chi connectivity index (χ2v) is 5.12. The van der Waals surface area contributed by atoms with Gasteiger partial charge in [-0.05, 0) is 19.2 Å². The minimum absolute atomic E-state index is 0.0155. The van der Waals surface area contributed by atoms with Crippen LogP contribution >= 0.6 is 0 Å². The van der Waals surface area contributed by atoms with Gasteiger partial charge in [-0.25, -0.2) is 8.78 Å². The highest BCUT2D eigenvalue weighted by Gasteiger charge is 2.25. The number of nitrogens with one attached hydrogen (secondary N) is 1. The van der Waals surface area contributed by atoms with Crippen LogP contribution in [0.1, 0.15) is 23.3 Å². The highest BCUT2D eigenvalue weighted by atomic mass is 19.1. The van der Waals surface area contributed by atoms with E-state index in [0.29, 0.717) is 5.82 Å². The van der Waals surface area contributed by atoms with Crippen LogP contribution in [0.3, 0.4) is 0 Å². The summed E-state index contributed by atoms with van der Waals surface area (Å²) in [4.78, 5) is 6.39. The van der Waals surface area contributed by atoms with Gasteiger partial charge in [0.2, 0.25) is 5.89 Å². The zero-order valence-corrected chi connectivity index (χ0v) is 11.6. The predicted molar refractivity (Wildman–Crippen MR) is 71.7 cm³/mol. The Labute approximate surface area is 120 Å². The van der Waals surface area contributed by atoms with E-state index in [4.69, 9.17) is 4.52 Å². The van der Waals surface area contributed by atoms with Crippen molar-refractivity contribution < 1.29 is 13.3 Å². The minimum atomic E-state index is -0.605. The zero-order chi connectivity index (χ0) is 14.8. The molecule has 0 radical (unpaired) electrons. The molecular formula is C14H16F2N4O. The average Bonchev–Trinajstić information content (AvgIpc) is 2.92. The monoisotopic (exact) mass is 294 g/mol. The molecule has 7 heteroatoms. The first-order valence-electron chi connectivity index (χ1n) is 6.81. The van der Waals surface area contributed by atoms with Gasteiger partial charge in [-0.3, -0.25) is 4.90 Å². The van der Waals surface area contributed by atoms with Crippen LogP contribution in [0.4, 0.5) is 8.78 Å². The van der Waals surface area contributed by atoms with Crippen LogP contribution in [0.15, 0.2) is 22.7 Å². The van der Waals surface area contributed by atoms with Crippen LogP contribution in [0, 0.1) is 11.6 Å². The number of piperazine rings is 1. The van der Waals surface area contributed by atoms with E-state index >= 15 is 0 Å². The van der Waals surface area contributed by atoms with Crippen LogP contribution < -0.4 is 5.32 Å². The Balaban J connectivity index is 1.79. The van der Waals surface area contributed by atoms with Crippen molar-refractivity contribution in [2.45, 2.75) is 12.5 Å². The molecule has 21 heavy (non-hydrogen) atoms. The van der Waals surface area contributed by atoms with Crippen molar-refractivity contribution in [3.63, 3.8) is 0 Å². The van der Waals surface area contributed by atoms with Gasteiger partial charge in [0.25, 0.3) is 0 Å². The van der Waals surface area contributed by atoms with E-state index < -0.39 is 11.6 Å². The van der Waals surface area contributed by atoms with Crippen molar-refractivity contribution in [3.05, 3.63) is 47.1 Å². The molecule has 112 valence electrons. The van der Waals surface area contributed by atoms with Crippen LogP contribution in [0.25, 0.3) is 0 Å². The number of benzene rings is 1. The van der Waals surface area contributed by atoms with Crippen LogP contribution in [0.2, 0.25) is 0 Å². The summed E-state index contributed by atoms with van der Waals surface area (Å²) in [5.41, 5.74) is -0.0529. The summed E-state index contributed by atoms with van der Waals surface area (Å²) in [5.74, 6) is -0.457. The smallest absolute Gasteiger partial charge is 0.231 e. The van der Waals surface area contributed by atoms with Gasteiger partial charge in [0.1, 0.15) is 11.6 Å². The normalized spacial score (nSPS) is 19.9. The molecule has 0 spiro atoms. The van der Waals surface area contributed by atoms with E-state index in [-0.39, 0.29) is 23.9 Å². The predicted octanol–water partition coefficient (Wildman–Crippen LogP) is 1.51. The Morgan fingerprint density at radius 1 is 1.38 bits per heavy atom. The SMILES string of the molecule is CN1CCNCC1c1noc(Cc2c(F)cccc2F)n1. The molecule has 1 aromatic carbocycles. The van der Waals surface area contributed by atoms with E-state index in [0.717, 1.165) is 19.6 Å². The molecule has 1 aliphatic rings. The second-order valence-electron chi connectivity index (χ2n) is 5.12. The van der Waals surface area contributed by atoms with Crippen molar-refractivity contribution in [1.29, 1.82) is 0 Å². The third kappa shape index (κ3) is 2.93. The van der Waals surface area contributed by atoms with Crippen molar-refractivity contribution in [2.24, 2.45) is 0 Å². The van der Waals surface area contributed by atoms with Crippen LogP contribution in [0.5, 0.6) is 0 Å². The standard InChI is InChI=1S/C14H16F2N4O/c1-20-6-5-17-8-12(20)14-18-13(21-19-14)7-9-10(15)3-2-4-11(9)16/h2-4,12,17H,5-8H2,1H3. The lowest BCUT2D eigenvalue weighted by molar-refractivity contribution is 0.190. The average molecular weight is 294 g/mol. The highest BCUT2D eigenvalue weighted by molar-refractivity contribution is 5.22. The molecule has 1 aromatic heterocycles. The van der Waals surface area contributed by atoms with Gasteiger partial charge in [-0.2, -0.15) is 4.98 Å². The van der Waals surface area contributed by atoms with Crippen molar-refractivity contribution >= 4 is 0 Å². The number of rotatable bonds is 3. The molecule has 1 saturated heterocycles. The number of halogens is 2. The van der Waals surface area contributed by atoms with Gasteiger partial charge in [0.05, 0.1) is 12.5 Å². The maximum atomic E-state index is 13.6. The summed E-state index contributed by atoms with van der Waals surface area (Å²) in [7, 11) is 1.98. The molecule has 0 bridgehead atoms. The Hall–Kier alpha value is -1.86. The molecule has 5 nitrogen and oxygen atoms in total. The Bertz CT molecular complexity index is 611. The van der Waals surface area contributed by atoms with Gasteiger partial charge in [0, 0.05) is 25.2 Å². The molecular weight excluding hydrogens is 278 g/mol. The first-order chi connectivity index (χ1) is 10.1. The van der Waals surface area contributed by atoms with Crippen molar-refractivity contribution in [1.82, 2.24) is 20.4 Å². The molecule has 2 heterocycles. The fourth-order valence-electron chi connectivity index (χ4n) is 2.42. The summed E-state index contributed by atoms with van der Waals surface area (Å²) >= 11 is 0. The van der Waals surface area contributed by atoms with Gasteiger partial charge in [0.15, 0.2) is 5.82 Å². The molecule has 1 atom stereocenters. The number of aromatic nitrogens is 2. The van der Waals surface area contributed by atoms with Crippen molar-refractivity contribution in [3.8, 4) is 0 Å². The Kier molecular flexibility index (Phi) is 3.94. The summed E-state index contributed by atoms with van der Waals surface area (Å²) in [6.45, 7) is 2.53. The first kappa shape index (κ1) is 14.1. The minimum Gasteiger partial charge on any atom is -0.339 e. The van der Waals surface area contributed by atoms with Crippen LogP contribution in [-0.2, 0) is 6.42 Å². The summed E-state index contributed by atoms with van der Waals surface area (Å²) in [6.07, 6.45) is -0.0463. The van der Waals surface area contributed by atoms with Crippen molar-refractivity contribution in [2.75, 3.05) is 26.7 Å². The van der Waals surface area contributed by atoms with Gasteiger partial charge < -0.3 is 9.84 Å². The molecule has 2 aromatic rings. The summed E-state index contributed by atoms with van der Waals surface area (Å²) < 4.78 is 32.4. The molecule has 1 aliphatic heterocycles. The van der Waals surface area contributed by atoms with Gasteiger partial charge >= 0.3 is 0 Å². The fourth-order valence-corrected chi connectivity index (χ4v) is 2.42. The Morgan fingerprint density at radius 3 is 2.86 bits per heavy atom. The topological polar surface area (TPSA) is 54.2 Å². The summed E-state index contributed by atoms with van der Waals surface area (Å²) in [5, 5.41) is 7.19. The number of hydrogen-bond acceptors (Lipinski definition) is 5. The van der Waals surface area contributed by atoms with E-state index in [9.17, 15) is 8.78 Å². The third-order valence-corrected chi connectivity index (χ3v) is 3.68. The van der Waals surface area contributed by atoms with E-state index in [1.165, 1.54) is 18.2 Å². The molecule has 1 unspecified atom stereocenters. The van der Waals surface area contributed by atoms with Crippen LogP contribution in [-0.4, -0.2) is 41.7 Å². The van der Waals surface area contributed by atoms with Gasteiger partial charge in [-0.1, -0.05) is 11.2 Å². The molecule has 0 saturated carbocycles. The molecule has 1 fully saturated rings. The highest BCUT2D eigenvalue weighted by Crippen LogP contribution is 2.20. The number of likely N-dealkylation sites (N-methyl/N-ethyl adjacent to an activating group) is 1.